The van der Waals surface area contributed by atoms with Gasteiger partial charge in [-0.3, -0.25) is 4.79 Å². The zero-order valence-electron chi connectivity index (χ0n) is 8.07. The van der Waals surface area contributed by atoms with Crippen molar-refractivity contribution in [3.8, 4) is 0 Å². The van der Waals surface area contributed by atoms with Crippen LogP contribution in [0.4, 0.5) is 0 Å². The number of hydrogen-bond donors (Lipinski definition) is 1. The summed E-state index contributed by atoms with van der Waals surface area (Å²) < 4.78 is 0. The molecule has 0 saturated heterocycles. The average Bonchev–Trinajstić information content (AvgIpc) is 2.01. The second-order valence-corrected chi connectivity index (χ2v) is 3.91. The highest BCUT2D eigenvalue weighted by molar-refractivity contribution is 5.70. The Hall–Kier alpha value is -1.06. The van der Waals surface area contributed by atoms with E-state index in [1.54, 1.807) is 0 Å². The summed E-state index contributed by atoms with van der Waals surface area (Å²) in [6.45, 7) is 0. The van der Waals surface area contributed by atoms with Crippen LogP contribution in [0.1, 0.15) is 46.0 Å². The molecule has 1 saturated carbocycles. The van der Waals surface area contributed by atoms with Crippen LogP contribution in [-0.2, 0) is 9.59 Å². The third kappa shape index (κ3) is 4.32. The van der Waals surface area contributed by atoms with E-state index in [1.165, 1.54) is 0 Å². The molecule has 4 nitrogen and oxygen atoms in total. The van der Waals surface area contributed by atoms with E-state index in [2.05, 4.69) is 0 Å². The van der Waals surface area contributed by atoms with Crippen molar-refractivity contribution in [3.63, 3.8) is 0 Å². The summed E-state index contributed by atoms with van der Waals surface area (Å²) in [5.74, 6) is -2.64. The number of carboxylic acid groups (broad SMARTS) is 2. The van der Waals surface area contributed by atoms with E-state index >= 15 is 0 Å². The Morgan fingerprint density at radius 3 is 1.93 bits per heavy atom. The molecule has 1 aliphatic carbocycles. The minimum absolute atomic E-state index is 0. The smallest absolute Gasteiger partial charge is 0.306 e. The maximum atomic E-state index is 10.7. The normalized spacial score (nSPS) is 26.9. The molecule has 0 spiro atoms. The standard InChI is InChI=1S/C10H16O4.CH4/c11-9(12)7-3-1-2-4-8(6-5-7)10(13)14;/h7-8H,1-6H2,(H,11,12)(H,13,14);1H4/p-1. The van der Waals surface area contributed by atoms with Crippen LogP contribution in [0.3, 0.4) is 0 Å². The number of carbonyl (C=O) groups is 2. The second kappa shape index (κ2) is 6.43. The Labute approximate surface area is 90.3 Å². The SMILES string of the molecule is C.O=C([O-])C1CCCCC(C(=O)O)CC1. The van der Waals surface area contributed by atoms with Crippen molar-refractivity contribution in [1.29, 1.82) is 0 Å². The van der Waals surface area contributed by atoms with E-state index in [9.17, 15) is 14.7 Å². The fraction of sp³-hybridized carbons (Fsp3) is 0.818. The van der Waals surface area contributed by atoms with Gasteiger partial charge in [0.15, 0.2) is 0 Å². The summed E-state index contributed by atoms with van der Waals surface area (Å²) in [4.78, 5) is 21.4. The molecule has 15 heavy (non-hydrogen) atoms. The molecule has 0 bridgehead atoms. The molecule has 1 aliphatic rings. The van der Waals surface area contributed by atoms with Gasteiger partial charge in [0, 0.05) is 5.97 Å². The van der Waals surface area contributed by atoms with Crippen LogP contribution in [-0.4, -0.2) is 17.0 Å². The van der Waals surface area contributed by atoms with Crippen LogP contribution >= 0.6 is 0 Å². The van der Waals surface area contributed by atoms with Crippen LogP contribution < -0.4 is 5.11 Å². The number of aliphatic carboxylic acids is 2. The fourth-order valence-corrected chi connectivity index (χ4v) is 1.96. The van der Waals surface area contributed by atoms with Gasteiger partial charge in [-0.1, -0.05) is 20.3 Å². The molecule has 0 heterocycles. The lowest BCUT2D eigenvalue weighted by molar-refractivity contribution is -0.312. The predicted octanol–water partition coefficient (Wildman–Crippen LogP) is 1.04. The zero-order valence-corrected chi connectivity index (χ0v) is 8.07. The molecule has 0 aromatic rings. The van der Waals surface area contributed by atoms with E-state index in [0.29, 0.717) is 25.7 Å². The number of rotatable bonds is 2. The Kier molecular flexibility index (Phi) is 5.97. The van der Waals surface area contributed by atoms with Gasteiger partial charge in [0.2, 0.25) is 0 Å². The van der Waals surface area contributed by atoms with Gasteiger partial charge in [-0.2, -0.15) is 0 Å². The van der Waals surface area contributed by atoms with Crippen LogP contribution in [0, 0.1) is 11.8 Å². The van der Waals surface area contributed by atoms with Crippen molar-refractivity contribution in [2.24, 2.45) is 11.8 Å². The minimum atomic E-state index is -1.03. The van der Waals surface area contributed by atoms with Gasteiger partial charge in [0.1, 0.15) is 0 Å². The first kappa shape index (κ1) is 13.9. The van der Waals surface area contributed by atoms with Crippen LogP contribution in [0.5, 0.6) is 0 Å². The second-order valence-electron chi connectivity index (χ2n) is 3.91. The average molecular weight is 215 g/mol. The predicted molar refractivity (Wildman–Crippen MR) is 54.1 cm³/mol. The van der Waals surface area contributed by atoms with Crippen molar-refractivity contribution in [1.82, 2.24) is 0 Å². The van der Waals surface area contributed by atoms with E-state index in [0.717, 1.165) is 12.8 Å². The van der Waals surface area contributed by atoms with E-state index in [1.807, 2.05) is 0 Å². The molecule has 2 atom stereocenters. The topological polar surface area (TPSA) is 77.4 Å². The zero-order chi connectivity index (χ0) is 10.6. The largest absolute Gasteiger partial charge is 0.550 e. The van der Waals surface area contributed by atoms with Crippen molar-refractivity contribution in [3.05, 3.63) is 0 Å². The van der Waals surface area contributed by atoms with E-state index < -0.39 is 17.9 Å². The van der Waals surface area contributed by atoms with Gasteiger partial charge in [-0.05, 0) is 31.6 Å². The Morgan fingerprint density at radius 1 is 1.00 bits per heavy atom. The van der Waals surface area contributed by atoms with Gasteiger partial charge in [0.25, 0.3) is 0 Å². The first-order valence-corrected chi connectivity index (χ1v) is 5.05. The Balaban J connectivity index is 0.00000196. The molecular formula is C11H19O4-. The summed E-state index contributed by atoms with van der Waals surface area (Å²) in [6, 6.07) is 0. The summed E-state index contributed by atoms with van der Waals surface area (Å²) in [5, 5.41) is 19.5. The summed E-state index contributed by atoms with van der Waals surface area (Å²) in [6.07, 6.45) is 3.82. The van der Waals surface area contributed by atoms with E-state index in [-0.39, 0.29) is 13.3 Å². The third-order valence-corrected chi connectivity index (χ3v) is 2.90. The van der Waals surface area contributed by atoms with Crippen molar-refractivity contribution in [2.45, 2.75) is 46.0 Å². The molecule has 1 fully saturated rings. The van der Waals surface area contributed by atoms with Crippen molar-refractivity contribution in [2.75, 3.05) is 0 Å². The Bertz CT molecular complexity index is 201. The van der Waals surface area contributed by atoms with E-state index in [4.69, 9.17) is 5.11 Å². The van der Waals surface area contributed by atoms with Crippen LogP contribution in [0.25, 0.3) is 0 Å². The monoisotopic (exact) mass is 215 g/mol. The molecule has 0 radical (unpaired) electrons. The van der Waals surface area contributed by atoms with Gasteiger partial charge in [0.05, 0.1) is 5.92 Å². The van der Waals surface area contributed by atoms with Crippen molar-refractivity contribution >= 4 is 11.9 Å². The van der Waals surface area contributed by atoms with Crippen molar-refractivity contribution < 1.29 is 19.8 Å². The molecular weight excluding hydrogens is 196 g/mol. The molecule has 0 aromatic heterocycles. The highest BCUT2D eigenvalue weighted by Gasteiger charge is 2.22. The number of carbonyl (C=O) groups excluding carboxylic acids is 1. The molecule has 0 aliphatic heterocycles. The molecule has 0 aromatic carbocycles. The molecule has 4 heteroatoms. The van der Waals surface area contributed by atoms with Gasteiger partial charge >= 0.3 is 5.97 Å². The van der Waals surface area contributed by atoms with Crippen LogP contribution in [0.15, 0.2) is 0 Å². The third-order valence-electron chi connectivity index (χ3n) is 2.90. The van der Waals surface area contributed by atoms with Gasteiger partial charge in [-0.15, -0.1) is 0 Å². The fourth-order valence-electron chi connectivity index (χ4n) is 1.96. The van der Waals surface area contributed by atoms with Gasteiger partial charge < -0.3 is 15.0 Å². The summed E-state index contributed by atoms with van der Waals surface area (Å²) in [5.41, 5.74) is 0. The highest BCUT2D eigenvalue weighted by atomic mass is 16.4. The maximum Gasteiger partial charge on any atom is 0.306 e. The lowest BCUT2D eigenvalue weighted by Gasteiger charge is -2.23. The minimum Gasteiger partial charge on any atom is -0.550 e. The number of hydrogen-bond acceptors (Lipinski definition) is 3. The molecule has 1 N–H and O–H groups in total. The maximum absolute atomic E-state index is 10.7. The number of carboxylic acids is 2. The summed E-state index contributed by atoms with van der Waals surface area (Å²) in [7, 11) is 0. The molecule has 2 unspecified atom stereocenters. The molecule has 0 amide bonds. The quantitative estimate of drug-likeness (QED) is 0.746. The summed E-state index contributed by atoms with van der Waals surface area (Å²) >= 11 is 0. The van der Waals surface area contributed by atoms with Gasteiger partial charge in [-0.25, -0.2) is 0 Å². The Morgan fingerprint density at radius 2 is 1.47 bits per heavy atom. The van der Waals surface area contributed by atoms with Crippen LogP contribution in [0.2, 0.25) is 0 Å². The molecule has 1 rings (SSSR count). The lowest BCUT2D eigenvalue weighted by Crippen LogP contribution is -2.32. The first-order valence-electron chi connectivity index (χ1n) is 5.05. The first-order chi connectivity index (χ1) is 6.61. The lowest BCUT2D eigenvalue weighted by atomic mass is 9.85. The molecule has 88 valence electrons. The highest BCUT2D eigenvalue weighted by Crippen LogP contribution is 2.26.